The molecular formula is C18H17NO. The Labute approximate surface area is 119 Å². The van der Waals surface area contributed by atoms with Crippen LogP contribution in [0.15, 0.2) is 48.5 Å². The summed E-state index contributed by atoms with van der Waals surface area (Å²) in [6.07, 6.45) is 4.49. The van der Waals surface area contributed by atoms with E-state index >= 15 is 0 Å². The molecule has 0 amide bonds. The number of nitriles is 1. The predicted molar refractivity (Wildman–Crippen MR) is 78.7 cm³/mol. The molecule has 0 fully saturated rings. The van der Waals surface area contributed by atoms with Crippen LogP contribution in [0.25, 0.3) is 0 Å². The lowest BCUT2D eigenvalue weighted by Crippen LogP contribution is -2.12. The van der Waals surface area contributed by atoms with E-state index in [0.717, 1.165) is 37.0 Å². The number of hydrogen-bond acceptors (Lipinski definition) is 2. The van der Waals surface area contributed by atoms with Gasteiger partial charge in [-0.15, -0.1) is 0 Å². The van der Waals surface area contributed by atoms with E-state index in [1.165, 1.54) is 11.1 Å². The number of rotatable bonds is 4. The summed E-state index contributed by atoms with van der Waals surface area (Å²) in [5.74, 6) is 0.953. The van der Waals surface area contributed by atoms with Crippen LogP contribution in [0.5, 0.6) is 5.75 Å². The minimum Gasteiger partial charge on any atom is -0.490 e. The van der Waals surface area contributed by atoms with Crippen LogP contribution in [-0.2, 0) is 12.8 Å². The van der Waals surface area contributed by atoms with E-state index in [9.17, 15) is 0 Å². The molecule has 2 heteroatoms. The van der Waals surface area contributed by atoms with Crippen LogP contribution >= 0.6 is 0 Å². The van der Waals surface area contributed by atoms with E-state index in [2.05, 4.69) is 30.3 Å². The Bertz CT molecular complexity index is 628. The van der Waals surface area contributed by atoms with Gasteiger partial charge in [0.2, 0.25) is 0 Å². The van der Waals surface area contributed by atoms with Gasteiger partial charge in [-0.3, -0.25) is 0 Å². The SMILES string of the molecule is N#Cc1ccc2c(c1)CC(CCCc1ccccc1)O2. The third kappa shape index (κ3) is 2.83. The molecule has 1 heterocycles. The second-order valence-corrected chi connectivity index (χ2v) is 5.26. The van der Waals surface area contributed by atoms with E-state index in [4.69, 9.17) is 10.00 Å². The molecule has 1 unspecified atom stereocenters. The Morgan fingerprint density at radius 3 is 2.80 bits per heavy atom. The minimum absolute atomic E-state index is 0.266. The average Bonchev–Trinajstić information content (AvgIpc) is 2.90. The topological polar surface area (TPSA) is 33.0 Å². The van der Waals surface area contributed by atoms with Gasteiger partial charge in [0, 0.05) is 6.42 Å². The van der Waals surface area contributed by atoms with E-state index in [0.29, 0.717) is 0 Å². The van der Waals surface area contributed by atoms with Crippen molar-refractivity contribution in [2.45, 2.75) is 31.8 Å². The first kappa shape index (κ1) is 12.7. The van der Waals surface area contributed by atoms with Crippen molar-refractivity contribution in [3.05, 3.63) is 65.2 Å². The van der Waals surface area contributed by atoms with Gasteiger partial charge in [-0.25, -0.2) is 0 Å². The molecule has 0 saturated heterocycles. The van der Waals surface area contributed by atoms with Gasteiger partial charge in [0.25, 0.3) is 0 Å². The first-order valence-electron chi connectivity index (χ1n) is 7.09. The number of nitrogens with zero attached hydrogens (tertiary/aromatic N) is 1. The Kier molecular flexibility index (Phi) is 3.69. The summed E-state index contributed by atoms with van der Waals surface area (Å²) >= 11 is 0. The molecular weight excluding hydrogens is 246 g/mol. The molecule has 1 aliphatic rings. The molecule has 20 heavy (non-hydrogen) atoms. The van der Waals surface area contributed by atoms with Crippen LogP contribution in [0.2, 0.25) is 0 Å². The second-order valence-electron chi connectivity index (χ2n) is 5.26. The highest BCUT2D eigenvalue weighted by atomic mass is 16.5. The lowest BCUT2D eigenvalue weighted by atomic mass is 10.0. The molecule has 3 rings (SSSR count). The molecule has 0 N–H and O–H groups in total. The van der Waals surface area contributed by atoms with Gasteiger partial charge in [0.1, 0.15) is 11.9 Å². The Hall–Kier alpha value is -2.27. The number of aryl methyl sites for hydroxylation is 1. The van der Waals surface area contributed by atoms with Gasteiger partial charge in [0.05, 0.1) is 11.6 Å². The van der Waals surface area contributed by atoms with Crippen LogP contribution in [0.1, 0.15) is 29.5 Å². The van der Waals surface area contributed by atoms with Crippen LogP contribution in [0, 0.1) is 11.3 Å². The Morgan fingerprint density at radius 2 is 2.00 bits per heavy atom. The normalized spacial score (nSPS) is 16.2. The fourth-order valence-electron chi connectivity index (χ4n) is 2.73. The quantitative estimate of drug-likeness (QED) is 0.838. The standard InChI is InChI=1S/C18H17NO/c19-13-15-9-10-18-16(11-15)12-17(20-18)8-4-7-14-5-2-1-3-6-14/h1-3,5-6,9-11,17H,4,7-8,12H2. The summed E-state index contributed by atoms with van der Waals surface area (Å²) in [4.78, 5) is 0. The van der Waals surface area contributed by atoms with E-state index in [-0.39, 0.29) is 6.10 Å². The maximum atomic E-state index is 8.91. The summed E-state index contributed by atoms with van der Waals surface area (Å²) in [7, 11) is 0. The van der Waals surface area contributed by atoms with Gasteiger partial charge in [-0.1, -0.05) is 30.3 Å². The summed E-state index contributed by atoms with van der Waals surface area (Å²) in [6.45, 7) is 0. The van der Waals surface area contributed by atoms with Crippen LogP contribution in [0.3, 0.4) is 0 Å². The number of hydrogen-bond donors (Lipinski definition) is 0. The van der Waals surface area contributed by atoms with Crippen molar-refractivity contribution in [3.63, 3.8) is 0 Å². The molecule has 0 spiro atoms. The Morgan fingerprint density at radius 1 is 1.15 bits per heavy atom. The van der Waals surface area contributed by atoms with Gasteiger partial charge < -0.3 is 4.74 Å². The third-order valence-electron chi connectivity index (χ3n) is 3.77. The second kappa shape index (κ2) is 5.79. The summed E-state index contributed by atoms with van der Waals surface area (Å²) in [6, 6.07) is 18.4. The highest BCUT2D eigenvalue weighted by Gasteiger charge is 2.22. The molecule has 0 radical (unpaired) electrons. The molecule has 0 aromatic heterocycles. The third-order valence-corrected chi connectivity index (χ3v) is 3.77. The maximum Gasteiger partial charge on any atom is 0.123 e. The summed E-state index contributed by atoms with van der Waals surface area (Å²) in [5, 5.41) is 8.91. The number of fused-ring (bicyclic) bond motifs is 1. The average molecular weight is 263 g/mol. The molecule has 0 saturated carbocycles. The lowest BCUT2D eigenvalue weighted by Gasteiger charge is -2.10. The zero-order chi connectivity index (χ0) is 13.8. The van der Waals surface area contributed by atoms with Crippen molar-refractivity contribution in [2.75, 3.05) is 0 Å². The number of benzene rings is 2. The van der Waals surface area contributed by atoms with Crippen LogP contribution < -0.4 is 4.74 Å². The van der Waals surface area contributed by atoms with Crippen molar-refractivity contribution in [2.24, 2.45) is 0 Å². The van der Waals surface area contributed by atoms with Gasteiger partial charge in [-0.05, 0) is 48.6 Å². The van der Waals surface area contributed by atoms with Crippen LogP contribution in [0.4, 0.5) is 0 Å². The highest BCUT2D eigenvalue weighted by Crippen LogP contribution is 2.31. The molecule has 1 atom stereocenters. The molecule has 0 bridgehead atoms. The molecule has 2 aromatic carbocycles. The fraction of sp³-hybridized carbons (Fsp3) is 0.278. The number of ether oxygens (including phenoxy) is 1. The monoisotopic (exact) mass is 263 g/mol. The zero-order valence-corrected chi connectivity index (χ0v) is 11.4. The van der Waals surface area contributed by atoms with Gasteiger partial charge >= 0.3 is 0 Å². The minimum atomic E-state index is 0.266. The van der Waals surface area contributed by atoms with E-state index in [1.54, 1.807) is 0 Å². The predicted octanol–water partition coefficient (Wildman–Crippen LogP) is 3.88. The molecule has 1 aliphatic heterocycles. The van der Waals surface area contributed by atoms with Crippen LogP contribution in [-0.4, -0.2) is 6.10 Å². The van der Waals surface area contributed by atoms with Crippen molar-refractivity contribution >= 4 is 0 Å². The van der Waals surface area contributed by atoms with Crippen molar-refractivity contribution < 1.29 is 4.74 Å². The van der Waals surface area contributed by atoms with Gasteiger partial charge in [0.15, 0.2) is 0 Å². The Balaban J connectivity index is 1.53. The van der Waals surface area contributed by atoms with E-state index in [1.807, 2.05) is 24.3 Å². The smallest absolute Gasteiger partial charge is 0.123 e. The largest absolute Gasteiger partial charge is 0.490 e. The molecule has 0 aliphatic carbocycles. The first-order valence-corrected chi connectivity index (χ1v) is 7.09. The van der Waals surface area contributed by atoms with Crippen molar-refractivity contribution in [1.29, 1.82) is 5.26 Å². The van der Waals surface area contributed by atoms with Gasteiger partial charge in [-0.2, -0.15) is 5.26 Å². The van der Waals surface area contributed by atoms with Crippen molar-refractivity contribution in [1.82, 2.24) is 0 Å². The summed E-state index contributed by atoms with van der Waals surface area (Å²) in [5.41, 5.74) is 3.28. The lowest BCUT2D eigenvalue weighted by molar-refractivity contribution is 0.218. The fourth-order valence-corrected chi connectivity index (χ4v) is 2.73. The highest BCUT2D eigenvalue weighted by molar-refractivity contribution is 5.44. The summed E-state index contributed by atoms with van der Waals surface area (Å²) < 4.78 is 5.93. The molecule has 100 valence electrons. The zero-order valence-electron chi connectivity index (χ0n) is 11.4. The first-order chi connectivity index (χ1) is 9.85. The van der Waals surface area contributed by atoms with Crippen molar-refractivity contribution in [3.8, 4) is 11.8 Å². The maximum absolute atomic E-state index is 8.91. The van der Waals surface area contributed by atoms with E-state index < -0.39 is 0 Å². The molecule has 2 nitrogen and oxygen atoms in total. The molecule has 2 aromatic rings.